The van der Waals surface area contributed by atoms with E-state index in [1.807, 2.05) is 12.1 Å². The van der Waals surface area contributed by atoms with Gasteiger partial charge in [-0.1, -0.05) is 23.7 Å². The Morgan fingerprint density at radius 2 is 2.06 bits per heavy atom. The molecule has 1 aromatic rings. The second kappa shape index (κ2) is 7.36. The zero-order valence-corrected chi connectivity index (χ0v) is 11.2. The van der Waals surface area contributed by atoms with Gasteiger partial charge < -0.3 is 16.2 Å². The Morgan fingerprint density at radius 3 is 2.50 bits per heavy atom. The summed E-state index contributed by atoms with van der Waals surface area (Å²) in [5.74, 6) is -0.956. The molecule has 0 saturated carbocycles. The third-order valence-electron chi connectivity index (χ3n) is 3.00. The average molecular weight is 271 g/mol. The minimum absolute atomic E-state index is 0.103. The lowest BCUT2D eigenvalue weighted by molar-refractivity contribution is -0.140. The van der Waals surface area contributed by atoms with Crippen LogP contribution in [0.4, 0.5) is 0 Å². The second-order valence-electron chi connectivity index (χ2n) is 4.19. The monoisotopic (exact) mass is 270 g/mol. The van der Waals surface area contributed by atoms with Crippen molar-refractivity contribution in [1.82, 2.24) is 5.32 Å². The number of carboxylic acid groups (broad SMARTS) is 1. The normalized spacial score (nSPS) is 14.2. The standard InChI is InChI=1S/C13H19ClN2O2/c1-16-12(13(17)18)11(3-2-8-15)9-4-6-10(14)7-5-9/h4-7,11-12,16H,2-3,8,15H2,1H3,(H,17,18)/t11?,12-/m0/s1. The van der Waals surface area contributed by atoms with Crippen LogP contribution >= 0.6 is 11.6 Å². The van der Waals surface area contributed by atoms with E-state index in [2.05, 4.69) is 5.32 Å². The van der Waals surface area contributed by atoms with Crippen molar-refractivity contribution in [1.29, 1.82) is 0 Å². The van der Waals surface area contributed by atoms with Crippen LogP contribution in [-0.4, -0.2) is 30.7 Å². The first kappa shape index (κ1) is 15.0. The molecule has 4 N–H and O–H groups in total. The van der Waals surface area contributed by atoms with Gasteiger partial charge in [0.1, 0.15) is 6.04 Å². The average Bonchev–Trinajstić information content (AvgIpc) is 2.35. The lowest BCUT2D eigenvalue weighted by atomic mass is 9.87. The van der Waals surface area contributed by atoms with Gasteiger partial charge in [-0.3, -0.25) is 4.79 Å². The molecule has 2 atom stereocenters. The number of carbonyl (C=O) groups is 1. The van der Waals surface area contributed by atoms with Gasteiger partial charge in [-0.05, 0) is 44.1 Å². The molecule has 4 nitrogen and oxygen atoms in total. The van der Waals surface area contributed by atoms with Crippen LogP contribution in [-0.2, 0) is 4.79 Å². The number of benzene rings is 1. The highest BCUT2D eigenvalue weighted by Gasteiger charge is 2.27. The largest absolute Gasteiger partial charge is 0.480 e. The fraction of sp³-hybridized carbons (Fsp3) is 0.462. The summed E-state index contributed by atoms with van der Waals surface area (Å²) in [6.45, 7) is 0.556. The van der Waals surface area contributed by atoms with Crippen molar-refractivity contribution in [2.24, 2.45) is 5.73 Å². The van der Waals surface area contributed by atoms with Crippen molar-refractivity contribution in [2.75, 3.05) is 13.6 Å². The molecule has 0 fully saturated rings. The molecular formula is C13H19ClN2O2. The molecule has 0 aliphatic carbocycles. The van der Waals surface area contributed by atoms with Gasteiger partial charge in [-0.15, -0.1) is 0 Å². The number of likely N-dealkylation sites (N-methyl/N-ethyl adjacent to an activating group) is 1. The van der Waals surface area contributed by atoms with Gasteiger partial charge in [-0.2, -0.15) is 0 Å². The fourth-order valence-electron chi connectivity index (χ4n) is 2.07. The minimum Gasteiger partial charge on any atom is -0.480 e. The van der Waals surface area contributed by atoms with Crippen molar-refractivity contribution in [3.8, 4) is 0 Å². The van der Waals surface area contributed by atoms with Crippen LogP contribution in [0.2, 0.25) is 5.02 Å². The topological polar surface area (TPSA) is 75.3 Å². The molecule has 0 aliphatic heterocycles. The number of nitrogens with one attached hydrogen (secondary N) is 1. The van der Waals surface area contributed by atoms with E-state index in [0.717, 1.165) is 18.4 Å². The first-order valence-corrected chi connectivity index (χ1v) is 6.33. The van der Waals surface area contributed by atoms with Crippen molar-refractivity contribution in [3.05, 3.63) is 34.9 Å². The molecule has 18 heavy (non-hydrogen) atoms. The zero-order chi connectivity index (χ0) is 13.5. The molecule has 0 spiro atoms. The molecule has 0 saturated heterocycles. The van der Waals surface area contributed by atoms with Gasteiger partial charge in [0.2, 0.25) is 0 Å². The summed E-state index contributed by atoms with van der Waals surface area (Å²) in [5.41, 5.74) is 6.47. The summed E-state index contributed by atoms with van der Waals surface area (Å²) in [6, 6.07) is 6.69. The molecule has 100 valence electrons. The van der Waals surface area contributed by atoms with Crippen LogP contribution < -0.4 is 11.1 Å². The zero-order valence-electron chi connectivity index (χ0n) is 10.4. The summed E-state index contributed by atoms with van der Waals surface area (Å²) in [7, 11) is 1.66. The van der Waals surface area contributed by atoms with E-state index < -0.39 is 12.0 Å². The van der Waals surface area contributed by atoms with Crippen LogP contribution in [0.15, 0.2) is 24.3 Å². The number of rotatable bonds is 7. The first-order valence-electron chi connectivity index (χ1n) is 5.95. The van der Waals surface area contributed by atoms with Crippen LogP contribution in [0.3, 0.4) is 0 Å². The summed E-state index contributed by atoms with van der Waals surface area (Å²) in [5, 5.41) is 12.7. The quantitative estimate of drug-likeness (QED) is 0.707. The van der Waals surface area contributed by atoms with E-state index in [0.29, 0.717) is 11.6 Å². The van der Waals surface area contributed by atoms with Crippen molar-refractivity contribution in [3.63, 3.8) is 0 Å². The predicted molar refractivity (Wildman–Crippen MR) is 73.0 cm³/mol. The Labute approximate surface area is 112 Å². The fourth-order valence-corrected chi connectivity index (χ4v) is 2.20. The second-order valence-corrected chi connectivity index (χ2v) is 4.63. The van der Waals surface area contributed by atoms with Gasteiger partial charge in [0.25, 0.3) is 0 Å². The maximum absolute atomic E-state index is 11.3. The van der Waals surface area contributed by atoms with E-state index in [9.17, 15) is 9.90 Å². The lowest BCUT2D eigenvalue weighted by Crippen LogP contribution is -2.39. The van der Waals surface area contributed by atoms with E-state index in [1.165, 1.54) is 0 Å². The number of nitrogens with two attached hydrogens (primary N) is 1. The highest BCUT2D eigenvalue weighted by Crippen LogP contribution is 2.26. The molecule has 1 rings (SSSR count). The van der Waals surface area contributed by atoms with Gasteiger partial charge in [0.05, 0.1) is 0 Å². The molecule has 1 unspecified atom stereocenters. The summed E-state index contributed by atoms with van der Waals surface area (Å²) < 4.78 is 0. The highest BCUT2D eigenvalue weighted by molar-refractivity contribution is 6.30. The third kappa shape index (κ3) is 3.98. The van der Waals surface area contributed by atoms with E-state index in [4.69, 9.17) is 17.3 Å². The SMILES string of the molecule is CN[C@H](C(=O)O)C(CCCN)c1ccc(Cl)cc1. The van der Waals surface area contributed by atoms with E-state index in [1.54, 1.807) is 19.2 Å². The number of hydrogen-bond acceptors (Lipinski definition) is 3. The number of carboxylic acids is 1. The Balaban J connectivity index is 2.95. The Morgan fingerprint density at radius 1 is 1.44 bits per heavy atom. The number of halogens is 1. The lowest BCUT2D eigenvalue weighted by Gasteiger charge is -2.24. The maximum atomic E-state index is 11.3. The summed E-state index contributed by atoms with van der Waals surface area (Å²) >= 11 is 5.84. The van der Waals surface area contributed by atoms with Gasteiger partial charge >= 0.3 is 5.97 Å². The summed E-state index contributed by atoms with van der Waals surface area (Å²) in [4.78, 5) is 11.3. The Hall–Kier alpha value is -1.10. The minimum atomic E-state index is -0.852. The van der Waals surface area contributed by atoms with Crippen molar-refractivity contribution >= 4 is 17.6 Å². The Kier molecular flexibility index (Phi) is 6.12. The van der Waals surface area contributed by atoms with Crippen molar-refractivity contribution in [2.45, 2.75) is 24.8 Å². The predicted octanol–water partition coefficient (Wildman–Crippen LogP) is 1.84. The van der Waals surface area contributed by atoms with E-state index in [-0.39, 0.29) is 5.92 Å². The van der Waals surface area contributed by atoms with Crippen LogP contribution in [0.5, 0.6) is 0 Å². The van der Waals surface area contributed by atoms with Gasteiger partial charge in [0, 0.05) is 10.9 Å². The van der Waals surface area contributed by atoms with Crippen molar-refractivity contribution < 1.29 is 9.90 Å². The van der Waals surface area contributed by atoms with E-state index >= 15 is 0 Å². The highest BCUT2D eigenvalue weighted by atomic mass is 35.5. The molecule has 0 heterocycles. The molecular weight excluding hydrogens is 252 g/mol. The molecule has 0 bridgehead atoms. The molecule has 0 aromatic heterocycles. The molecule has 0 aliphatic rings. The molecule has 0 radical (unpaired) electrons. The smallest absolute Gasteiger partial charge is 0.321 e. The first-order chi connectivity index (χ1) is 8.60. The summed E-state index contributed by atoms with van der Waals surface area (Å²) in [6.07, 6.45) is 1.52. The van der Waals surface area contributed by atoms with Crippen LogP contribution in [0, 0.1) is 0 Å². The maximum Gasteiger partial charge on any atom is 0.321 e. The molecule has 1 aromatic carbocycles. The Bertz CT molecular complexity index is 381. The van der Waals surface area contributed by atoms with Gasteiger partial charge in [-0.25, -0.2) is 0 Å². The molecule has 5 heteroatoms. The number of hydrogen-bond donors (Lipinski definition) is 3. The number of aliphatic carboxylic acids is 1. The van der Waals surface area contributed by atoms with Crippen LogP contribution in [0.25, 0.3) is 0 Å². The third-order valence-corrected chi connectivity index (χ3v) is 3.25. The van der Waals surface area contributed by atoms with Gasteiger partial charge in [0.15, 0.2) is 0 Å². The van der Waals surface area contributed by atoms with Crippen LogP contribution in [0.1, 0.15) is 24.3 Å². The molecule has 0 amide bonds.